The van der Waals surface area contributed by atoms with Crippen molar-refractivity contribution >= 4 is 17.8 Å². The highest BCUT2D eigenvalue weighted by Gasteiger charge is 2.39. The number of rotatable bonds is 4. The topological polar surface area (TPSA) is 108 Å². The van der Waals surface area contributed by atoms with E-state index in [0.29, 0.717) is 10.8 Å². The highest BCUT2D eigenvalue weighted by Crippen LogP contribution is 2.23. The Hall–Kier alpha value is -3.75. The molecule has 0 saturated heterocycles. The number of nitrogens with zero attached hydrogens (tertiary/aromatic N) is 4. The molecule has 0 saturated carbocycles. The molecule has 0 fully saturated rings. The largest absolute Gasteiger partial charge is 0.385 e. The molecule has 2 amide bonds. The summed E-state index contributed by atoms with van der Waals surface area (Å²) in [6.07, 6.45) is 3.49. The van der Waals surface area contributed by atoms with E-state index in [4.69, 9.17) is 9.36 Å². The van der Waals surface area contributed by atoms with E-state index in [1.54, 1.807) is 29.2 Å². The van der Waals surface area contributed by atoms with Gasteiger partial charge in [0.05, 0.1) is 17.3 Å². The van der Waals surface area contributed by atoms with E-state index in [0.717, 1.165) is 5.56 Å². The van der Waals surface area contributed by atoms with Crippen LogP contribution in [0.1, 0.15) is 42.5 Å². The highest BCUT2D eigenvalue weighted by molar-refractivity contribution is 6.21. The molecule has 26 heavy (non-hydrogen) atoms. The van der Waals surface area contributed by atoms with Crippen LogP contribution in [-0.4, -0.2) is 37.8 Å². The summed E-state index contributed by atoms with van der Waals surface area (Å²) in [5.41, 5.74) is 1.19. The predicted octanol–water partition coefficient (Wildman–Crippen LogP) is 1.60. The molecule has 0 spiro atoms. The van der Waals surface area contributed by atoms with Crippen molar-refractivity contribution < 1.29 is 23.7 Å². The van der Waals surface area contributed by atoms with Gasteiger partial charge >= 0.3 is 5.97 Å². The first kappa shape index (κ1) is 15.8. The molecule has 0 aliphatic carbocycles. The maximum atomic E-state index is 12.2. The minimum Gasteiger partial charge on any atom is -0.359 e. The Kier molecular flexibility index (Phi) is 3.61. The molecule has 0 atom stereocenters. The van der Waals surface area contributed by atoms with Crippen LogP contribution in [0.2, 0.25) is 0 Å². The van der Waals surface area contributed by atoms with E-state index in [-0.39, 0.29) is 23.4 Å². The van der Waals surface area contributed by atoms with Gasteiger partial charge in [-0.15, -0.1) is 0 Å². The van der Waals surface area contributed by atoms with Gasteiger partial charge in [-0.05, 0) is 24.6 Å². The smallest absolute Gasteiger partial charge is 0.359 e. The zero-order valence-corrected chi connectivity index (χ0v) is 13.6. The lowest BCUT2D eigenvalue weighted by atomic mass is 10.1. The molecule has 1 aliphatic heterocycles. The van der Waals surface area contributed by atoms with E-state index >= 15 is 0 Å². The van der Waals surface area contributed by atoms with Crippen molar-refractivity contribution in [3.05, 3.63) is 70.9 Å². The number of aryl methyl sites for hydroxylation is 1. The van der Waals surface area contributed by atoms with Gasteiger partial charge in [0.2, 0.25) is 0 Å². The Labute approximate surface area is 146 Å². The third-order valence-corrected chi connectivity index (χ3v) is 3.78. The van der Waals surface area contributed by atoms with Crippen LogP contribution in [-0.2, 0) is 11.4 Å². The summed E-state index contributed by atoms with van der Waals surface area (Å²) < 4.78 is 6.70. The monoisotopic (exact) mass is 352 g/mol. The summed E-state index contributed by atoms with van der Waals surface area (Å²) in [5.74, 6) is -1.99. The van der Waals surface area contributed by atoms with Crippen LogP contribution >= 0.6 is 0 Å². The van der Waals surface area contributed by atoms with Crippen molar-refractivity contribution in [2.75, 3.05) is 0 Å². The van der Waals surface area contributed by atoms with Gasteiger partial charge in [-0.25, -0.2) is 4.79 Å². The number of hydrogen-bond acceptors (Lipinski definition) is 7. The van der Waals surface area contributed by atoms with Crippen LogP contribution in [0.3, 0.4) is 0 Å². The van der Waals surface area contributed by atoms with E-state index < -0.39 is 17.8 Å². The molecule has 0 radical (unpaired) electrons. The number of benzene rings is 1. The fourth-order valence-electron chi connectivity index (χ4n) is 2.58. The van der Waals surface area contributed by atoms with Gasteiger partial charge in [0.25, 0.3) is 11.8 Å². The molecule has 1 aromatic carbocycles. The number of fused-ring (bicyclic) bond motifs is 1. The normalized spacial score (nSPS) is 13.2. The average molecular weight is 352 g/mol. The minimum absolute atomic E-state index is 0.152. The van der Waals surface area contributed by atoms with Gasteiger partial charge in [-0.3, -0.25) is 14.3 Å². The third-order valence-electron chi connectivity index (χ3n) is 3.78. The lowest BCUT2D eigenvalue weighted by Crippen LogP contribution is -2.32. The first-order valence-electron chi connectivity index (χ1n) is 7.67. The van der Waals surface area contributed by atoms with Crippen molar-refractivity contribution in [3.8, 4) is 0 Å². The zero-order valence-electron chi connectivity index (χ0n) is 13.6. The molecule has 9 heteroatoms. The number of hydroxylamine groups is 2. The molecule has 1 aliphatic rings. The Morgan fingerprint density at radius 1 is 1.19 bits per heavy atom. The number of carbonyl (C=O) groups excluding carboxylic acids is 3. The summed E-state index contributed by atoms with van der Waals surface area (Å²) in [6, 6.07) is 7.59. The number of amides is 2. The Morgan fingerprint density at radius 3 is 2.50 bits per heavy atom. The molecule has 4 rings (SSSR count). The van der Waals surface area contributed by atoms with Crippen LogP contribution in [0, 0.1) is 6.92 Å². The molecule has 9 nitrogen and oxygen atoms in total. The molecular formula is C17H12N4O5. The molecule has 3 heterocycles. The van der Waals surface area contributed by atoms with Crippen LogP contribution < -0.4 is 0 Å². The maximum absolute atomic E-state index is 12.2. The molecule has 2 aromatic heterocycles. The highest BCUT2D eigenvalue weighted by atomic mass is 16.7. The summed E-state index contributed by atoms with van der Waals surface area (Å²) in [6.45, 7) is 2.18. The van der Waals surface area contributed by atoms with E-state index in [2.05, 4.69) is 10.3 Å². The van der Waals surface area contributed by atoms with Crippen LogP contribution in [0.25, 0.3) is 0 Å². The molecule has 0 N–H and O–H groups in total. The summed E-state index contributed by atoms with van der Waals surface area (Å²) in [5, 5.41) is 8.16. The van der Waals surface area contributed by atoms with Crippen molar-refractivity contribution in [2.45, 2.75) is 13.5 Å². The standard InChI is InChI=1S/C17H12N4O5/c1-10-7-18-20(8-10)9-11-6-14(19-25-11)17(24)26-21-15(22)12-4-2-3-5-13(12)16(21)23/h2-8H,9H2,1H3. The molecular weight excluding hydrogens is 340 g/mol. The van der Waals surface area contributed by atoms with Gasteiger partial charge in [0.1, 0.15) is 6.54 Å². The fourth-order valence-corrected chi connectivity index (χ4v) is 2.58. The number of imide groups is 1. The van der Waals surface area contributed by atoms with Crippen LogP contribution in [0.4, 0.5) is 0 Å². The lowest BCUT2D eigenvalue weighted by Gasteiger charge is -2.10. The van der Waals surface area contributed by atoms with Crippen molar-refractivity contribution in [3.63, 3.8) is 0 Å². The predicted molar refractivity (Wildman–Crippen MR) is 84.9 cm³/mol. The second kappa shape index (κ2) is 5.96. The number of hydrogen-bond donors (Lipinski definition) is 0. The lowest BCUT2D eigenvalue weighted by molar-refractivity contribution is -0.0590. The molecule has 0 unspecified atom stereocenters. The second-order valence-corrected chi connectivity index (χ2v) is 5.72. The number of carbonyl (C=O) groups is 3. The SMILES string of the molecule is Cc1cnn(Cc2cc(C(=O)ON3C(=O)c4ccccc4C3=O)no2)c1. The van der Waals surface area contributed by atoms with Crippen molar-refractivity contribution in [1.29, 1.82) is 0 Å². The van der Waals surface area contributed by atoms with Gasteiger partial charge in [0.15, 0.2) is 11.5 Å². The summed E-state index contributed by atoms with van der Waals surface area (Å²) >= 11 is 0. The first-order chi connectivity index (χ1) is 12.5. The molecule has 130 valence electrons. The van der Waals surface area contributed by atoms with Gasteiger partial charge in [0, 0.05) is 12.3 Å². The molecule has 0 bridgehead atoms. The van der Waals surface area contributed by atoms with Gasteiger partial charge in [-0.1, -0.05) is 22.4 Å². The van der Waals surface area contributed by atoms with E-state index in [1.165, 1.54) is 18.2 Å². The van der Waals surface area contributed by atoms with Crippen molar-refractivity contribution in [1.82, 2.24) is 20.0 Å². The van der Waals surface area contributed by atoms with E-state index in [1.807, 2.05) is 6.92 Å². The third kappa shape index (κ3) is 2.65. The Bertz CT molecular complexity index is 1000. The Balaban J connectivity index is 1.48. The molecule has 3 aromatic rings. The maximum Gasteiger partial charge on any atom is 0.385 e. The summed E-state index contributed by atoms with van der Waals surface area (Å²) in [4.78, 5) is 41.5. The summed E-state index contributed by atoms with van der Waals surface area (Å²) in [7, 11) is 0. The number of aromatic nitrogens is 3. The van der Waals surface area contributed by atoms with Crippen LogP contribution in [0.5, 0.6) is 0 Å². The zero-order chi connectivity index (χ0) is 18.3. The first-order valence-corrected chi connectivity index (χ1v) is 7.67. The van der Waals surface area contributed by atoms with Crippen molar-refractivity contribution in [2.24, 2.45) is 0 Å². The Morgan fingerprint density at radius 2 is 1.88 bits per heavy atom. The second-order valence-electron chi connectivity index (χ2n) is 5.72. The van der Waals surface area contributed by atoms with Gasteiger partial charge in [-0.2, -0.15) is 5.10 Å². The minimum atomic E-state index is -0.967. The average Bonchev–Trinajstić information content (AvgIpc) is 3.32. The quantitative estimate of drug-likeness (QED) is 0.656. The van der Waals surface area contributed by atoms with Crippen LogP contribution in [0.15, 0.2) is 47.2 Å². The van der Waals surface area contributed by atoms with Gasteiger partial charge < -0.3 is 9.36 Å². The fraction of sp³-hybridized carbons (Fsp3) is 0.118. The van der Waals surface area contributed by atoms with E-state index in [9.17, 15) is 14.4 Å².